The highest BCUT2D eigenvalue weighted by Crippen LogP contribution is 2.29. The number of benzene rings is 5. The van der Waals surface area contributed by atoms with Crippen molar-refractivity contribution in [2.75, 3.05) is 17.4 Å². The number of hydrogen-bond donors (Lipinski definition) is 1. The Balaban J connectivity index is 1.54. The fourth-order valence-electron chi connectivity index (χ4n) is 5.23. The number of halogens is 1. The van der Waals surface area contributed by atoms with Crippen LogP contribution >= 0.6 is 11.6 Å². The van der Waals surface area contributed by atoms with Crippen LogP contribution in [0, 0.1) is 0 Å². The minimum atomic E-state index is -4.23. The summed E-state index contributed by atoms with van der Waals surface area (Å²) in [5.74, 6) is 0.207. The molecule has 48 heavy (non-hydrogen) atoms. The molecule has 0 radical (unpaired) electrons. The van der Waals surface area contributed by atoms with Gasteiger partial charge in [-0.3, -0.25) is 13.9 Å². The maximum absolute atomic E-state index is 14.5. The third-order valence-electron chi connectivity index (χ3n) is 7.58. The Morgan fingerprint density at radius 3 is 1.96 bits per heavy atom. The molecule has 0 heterocycles. The van der Waals surface area contributed by atoms with Crippen LogP contribution in [-0.4, -0.2) is 44.3 Å². The summed E-state index contributed by atoms with van der Waals surface area (Å²) < 4.78 is 35.4. The molecule has 1 N–H and O–H groups in total. The van der Waals surface area contributed by atoms with Gasteiger partial charge in [-0.15, -0.1) is 0 Å². The number of anilines is 1. The molecule has 5 aromatic rings. The van der Waals surface area contributed by atoms with E-state index in [1.165, 1.54) is 17.0 Å². The largest absolute Gasteiger partial charge is 0.457 e. The maximum Gasteiger partial charge on any atom is 0.264 e. The van der Waals surface area contributed by atoms with Gasteiger partial charge in [-0.1, -0.05) is 90.5 Å². The highest BCUT2D eigenvalue weighted by molar-refractivity contribution is 7.92. The molecule has 0 aliphatic heterocycles. The minimum Gasteiger partial charge on any atom is -0.457 e. The molecule has 246 valence electrons. The van der Waals surface area contributed by atoms with Crippen molar-refractivity contribution < 1.29 is 22.7 Å². The van der Waals surface area contributed by atoms with Gasteiger partial charge in [0.1, 0.15) is 24.1 Å². The lowest BCUT2D eigenvalue weighted by Crippen LogP contribution is -2.53. The van der Waals surface area contributed by atoms with Gasteiger partial charge in [-0.2, -0.15) is 0 Å². The summed E-state index contributed by atoms with van der Waals surface area (Å²) in [4.78, 5) is 29.6. The standard InChI is InChI=1S/C38H36ClN3O5S/c1-2-40-38(44)36(26-29-13-6-3-7-14-29)41(27-30-15-12-16-31(39)25-30)37(43)28-42(48(45,46)35-19-10-5-11-20-35)32-21-23-34(24-22-32)47-33-17-8-4-9-18-33/h3-25,36H,2,26-28H2,1H3,(H,40,44)/t36-/m1/s1. The summed E-state index contributed by atoms with van der Waals surface area (Å²) >= 11 is 6.30. The number of nitrogens with one attached hydrogen (secondary N) is 1. The van der Waals surface area contributed by atoms with Gasteiger partial charge in [0.05, 0.1) is 10.6 Å². The molecule has 1 atom stereocenters. The van der Waals surface area contributed by atoms with Crippen molar-refractivity contribution in [3.05, 3.63) is 156 Å². The van der Waals surface area contributed by atoms with Crippen molar-refractivity contribution in [3.63, 3.8) is 0 Å². The predicted molar refractivity (Wildman–Crippen MR) is 189 cm³/mol. The Hall–Kier alpha value is -5.12. The van der Waals surface area contributed by atoms with Crippen LogP contribution in [0.5, 0.6) is 11.5 Å². The molecule has 5 rings (SSSR count). The first kappa shape index (κ1) is 34.2. The average molecular weight is 682 g/mol. The highest BCUT2D eigenvalue weighted by Gasteiger charge is 2.34. The van der Waals surface area contributed by atoms with Crippen molar-refractivity contribution >= 4 is 39.1 Å². The average Bonchev–Trinajstić information content (AvgIpc) is 3.10. The Labute approximate surface area is 286 Å². The number of ether oxygens (including phenoxy) is 1. The summed E-state index contributed by atoms with van der Waals surface area (Å²) in [6, 6.07) is 39.1. The van der Waals surface area contributed by atoms with Crippen LogP contribution in [-0.2, 0) is 32.6 Å². The Morgan fingerprint density at radius 2 is 1.33 bits per heavy atom. The summed E-state index contributed by atoms with van der Waals surface area (Å²) in [5.41, 5.74) is 1.80. The van der Waals surface area contributed by atoms with Gasteiger partial charge in [0, 0.05) is 24.5 Å². The van der Waals surface area contributed by atoms with Crippen molar-refractivity contribution in [2.24, 2.45) is 0 Å². The Morgan fingerprint density at radius 1 is 0.750 bits per heavy atom. The lowest BCUT2D eigenvalue weighted by atomic mass is 10.0. The molecule has 2 amide bonds. The van der Waals surface area contributed by atoms with Gasteiger partial charge in [0.15, 0.2) is 0 Å². The number of sulfonamides is 1. The molecule has 0 bridgehead atoms. The van der Waals surface area contributed by atoms with Crippen molar-refractivity contribution in [3.8, 4) is 11.5 Å². The summed E-state index contributed by atoms with van der Waals surface area (Å²) in [5, 5.41) is 3.34. The quantitative estimate of drug-likeness (QED) is 0.135. The number of carbonyl (C=O) groups excluding carboxylic acids is 2. The number of hydrogen-bond acceptors (Lipinski definition) is 5. The van der Waals surface area contributed by atoms with Crippen LogP contribution in [0.15, 0.2) is 144 Å². The number of carbonyl (C=O) groups is 2. The molecule has 0 aromatic heterocycles. The summed E-state index contributed by atoms with van der Waals surface area (Å²) in [6.45, 7) is 1.62. The number of amides is 2. The smallest absolute Gasteiger partial charge is 0.264 e. The molecule has 8 nitrogen and oxygen atoms in total. The molecule has 0 aliphatic carbocycles. The molecule has 10 heteroatoms. The van der Waals surface area contributed by atoms with E-state index in [-0.39, 0.29) is 29.5 Å². The van der Waals surface area contributed by atoms with Crippen LogP contribution in [0.3, 0.4) is 0 Å². The van der Waals surface area contributed by atoms with Crippen LogP contribution in [0.2, 0.25) is 5.02 Å². The van der Waals surface area contributed by atoms with Crippen LogP contribution in [0.4, 0.5) is 5.69 Å². The molecular weight excluding hydrogens is 646 g/mol. The van der Waals surface area contributed by atoms with Crippen molar-refractivity contribution in [1.29, 1.82) is 0 Å². The van der Waals surface area contributed by atoms with E-state index in [4.69, 9.17) is 16.3 Å². The van der Waals surface area contributed by atoms with E-state index in [0.29, 0.717) is 28.6 Å². The van der Waals surface area contributed by atoms with Crippen molar-refractivity contribution in [1.82, 2.24) is 10.2 Å². The van der Waals surface area contributed by atoms with E-state index in [9.17, 15) is 18.0 Å². The van der Waals surface area contributed by atoms with Crippen LogP contribution in [0.1, 0.15) is 18.1 Å². The van der Waals surface area contributed by atoms with E-state index >= 15 is 0 Å². The Kier molecular flexibility index (Phi) is 11.5. The van der Waals surface area contributed by atoms with E-state index < -0.39 is 28.5 Å². The zero-order valence-corrected chi connectivity index (χ0v) is 28.0. The zero-order chi connectivity index (χ0) is 33.9. The van der Waals surface area contributed by atoms with E-state index in [1.807, 2.05) is 66.7 Å². The van der Waals surface area contributed by atoms with Crippen molar-refractivity contribution in [2.45, 2.75) is 30.8 Å². The molecule has 0 aliphatic rings. The minimum absolute atomic E-state index is 0.0216. The third kappa shape index (κ3) is 8.82. The molecule has 0 unspecified atom stereocenters. The molecule has 0 saturated heterocycles. The summed E-state index contributed by atoms with van der Waals surface area (Å²) in [6.07, 6.45) is 0.218. The molecule has 0 spiro atoms. The topological polar surface area (TPSA) is 96.0 Å². The van der Waals surface area contributed by atoms with Gasteiger partial charge in [0.2, 0.25) is 11.8 Å². The molecule has 0 saturated carbocycles. The van der Waals surface area contributed by atoms with Gasteiger partial charge in [0.25, 0.3) is 10.0 Å². The molecule has 5 aromatic carbocycles. The first-order chi connectivity index (χ1) is 23.2. The molecule has 0 fully saturated rings. The fraction of sp³-hybridized carbons (Fsp3) is 0.158. The lowest BCUT2D eigenvalue weighted by molar-refractivity contribution is -0.140. The van der Waals surface area contributed by atoms with Crippen LogP contribution in [0.25, 0.3) is 0 Å². The maximum atomic E-state index is 14.5. The highest BCUT2D eigenvalue weighted by atomic mass is 35.5. The second-order valence-electron chi connectivity index (χ2n) is 11.0. The fourth-order valence-corrected chi connectivity index (χ4v) is 6.88. The van der Waals surface area contributed by atoms with Gasteiger partial charge >= 0.3 is 0 Å². The van der Waals surface area contributed by atoms with E-state index in [1.54, 1.807) is 67.6 Å². The first-order valence-electron chi connectivity index (χ1n) is 15.5. The number of likely N-dealkylation sites (N-methyl/N-ethyl adjacent to an activating group) is 1. The second kappa shape index (κ2) is 16.1. The summed E-state index contributed by atoms with van der Waals surface area (Å²) in [7, 11) is -4.23. The predicted octanol–water partition coefficient (Wildman–Crippen LogP) is 7.10. The van der Waals surface area contributed by atoms with Gasteiger partial charge in [-0.05, 0) is 78.7 Å². The second-order valence-corrected chi connectivity index (χ2v) is 13.3. The van der Waals surface area contributed by atoms with E-state index in [2.05, 4.69) is 5.32 Å². The third-order valence-corrected chi connectivity index (χ3v) is 9.60. The monoisotopic (exact) mass is 681 g/mol. The number of para-hydroxylation sites is 1. The SMILES string of the molecule is CCNC(=O)[C@@H](Cc1ccccc1)N(Cc1cccc(Cl)c1)C(=O)CN(c1ccc(Oc2ccccc2)cc1)S(=O)(=O)c1ccccc1. The zero-order valence-electron chi connectivity index (χ0n) is 26.4. The van der Waals surface area contributed by atoms with Gasteiger partial charge in [-0.25, -0.2) is 8.42 Å². The normalized spacial score (nSPS) is 11.7. The Bertz CT molecular complexity index is 1910. The first-order valence-corrected chi connectivity index (χ1v) is 17.3. The van der Waals surface area contributed by atoms with Gasteiger partial charge < -0.3 is 15.0 Å². The number of rotatable bonds is 14. The van der Waals surface area contributed by atoms with E-state index in [0.717, 1.165) is 9.87 Å². The lowest BCUT2D eigenvalue weighted by Gasteiger charge is -2.34. The number of nitrogens with zero attached hydrogens (tertiary/aromatic N) is 2. The van der Waals surface area contributed by atoms with Crippen LogP contribution < -0.4 is 14.4 Å². The molecular formula is C38H36ClN3O5S.